The monoisotopic (exact) mass is 338 g/mol. The summed E-state index contributed by atoms with van der Waals surface area (Å²) < 4.78 is 5.35. The van der Waals surface area contributed by atoms with Gasteiger partial charge in [-0.3, -0.25) is 14.5 Å². The average molecular weight is 338 g/mol. The first-order chi connectivity index (χ1) is 12.1. The lowest BCUT2D eigenvalue weighted by atomic mass is 10.1. The molecule has 0 unspecified atom stereocenters. The number of fused-ring (bicyclic) bond motifs is 1. The number of nitrogens with zero attached hydrogens (tertiary/aromatic N) is 2. The summed E-state index contributed by atoms with van der Waals surface area (Å²) in [5, 5.41) is 8.94. The molecule has 2 heterocycles. The van der Waals surface area contributed by atoms with Crippen molar-refractivity contribution in [2.75, 3.05) is 26.2 Å². The van der Waals surface area contributed by atoms with Crippen molar-refractivity contribution in [1.82, 2.24) is 9.80 Å². The molecule has 2 aliphatic rings. The number of carbonyl (C=O) groups excluding carboxylic acids is 2. The van der Waals surface area contributed by atoms with Crippen molar-refractivity contribution in [3.8, 4) is 23.7 Å². The largest absolute Gasteiger partial charge is 0.465 e. The topological polar surface area (TPSA) is 87.2 Å². The standard InChI is InChI=1S/C18H14N2O5/c21-16-14-7-3-4-8-15(14)17(22)20(16)9-5-1-2-6-13-12-19(18(23)24)10-11-25-13/h3-4,7-8,13H,9-12H2,(H,23,24)/t13-/m1/s1. The molecule has 1 atom stereocenters. The number of imide groups is 1. The van der Waals surface area contributed by atoms with Crippen molar-refractivity contribution < 1.29 is 24.2 Å². The van der Waals surface area contributed by atoms with Gasteiger partial charge in [0.15, 0.2) is 0 Å². The summed E-state index contributed by atoms with van der Waals surface area (Å²) in [6.07, 6.45) is -1.54. The number of hydrogen-bond acceptors (Lipinski definition) is 4. The maximum Gasteiger partial charge on any atom is 0.407 e. The SMILES string of the molecule is O=C(O)N1CCO[C@H](C#CC#CCN2C(=O)c3ccccc3C2=O)C1. The van der Waals surface area contributed by atoms with Crippen molar-refractivity contribution in [2.45, 2.75) is 6.10 Å². The minimum atomic E-state index is -1.01. The maximum absolute atomic E-state index is 12.1. The molecule has 25 heavy (non-hydrogen) atoms. The maximum atomic E-state index is 12.1. The number of rotatable bonds is 1. The average Bonchev–Trinajstić information content (AvgIpc) is 2.87. The molecule has 7 nitrogen and oxygen atoms in total. The third-order valence-electron chi connectivity index (χ3n) is 3.84. The van der Waals surface area contributed by atoms with E-state index >= 15 is 0 Å². The fourth-order valence-electron chi connectivity index (χ4n) is 2.57. The minimum absolute atomic E-state index is 0.0478. The number of ether oxygens (including phenoxy) is 1. The van der Waals surface area contributed by atoms with E-state index in [2.05, 4.69) is 23.7 Å². The van der Waals surface area contributed by atoms with Gasteiger partial charge in [-0.1, -0.05) is 24.0 Å². The highest BCUT2D eigenvalue weighted by atomic mass is 16.5. The first-order valence-corrected chi connectivity index (χ1v) is 7.61. The second-order valence-electron chi connectivity index (χ2n) is 5.40. The molecule has 1 saturated heterocycles. The van der Waals surface area contributed by atoms with Gasteiger partial charge in [0.05, 0.1) is 30.8 Å². The molecular weight excluding hydrogens is 324 g/mol. The number of morpholine rings is 1. The third kappa shape index (κ3) is 3.47. The van der Waals surface area contributed by atoms with Crippen LogP contribution in [-0.4, -0.2) is 65.2 Å². The van der Waals surface area contributed by atoms with Crippen LogP contribution in [0.25, 0.3) is 0 Å². The molecule has 1 fully saturated rings. The summed E-state index contributed by atoms with van der Waals surface area (Å²) in [7, 11) is 0. The fraction of sp³-hybridized carbons (Fsp3) is 0.278. The molecule has 0 aliphatic carbocycles. The van der Waals surface area contributed by atoms with Crippen LogP contribution in [0, 0.1) is 23.7 Å². The van der Waals surface area contributed by atoms with E-state index in [1.54, 1.807) is 24.3 Å². The van der Waals surface area contributed by atoms with Crippen LogP contribution in [-0.2, 0) is 4.74 Å². The van der Waals surface area contributed by atoms with E-state index in [9.17, 15) is 14.4 Å². The summed E-state index contributed by atoms with van der Waals surface area (Å²) in [5.41, 5.74) is 0.759. The van der Waals surface area contributed by atoms with E-state index in [0.717, 1.165) is 4.90 Å². The highest BCUT2D eigenvalue weighted by Crippen LogP contribution is 2.21. The van der Waals surface area contributed by atoms with Gasteiger partial charge in [-0.15, -0.1) is 0 Å². The predicted molar refractivity (Wildman–Crippen MR) is 86.7 cm³/mol. The molecule has 0 bridgehead atoms. The van der Waals surface area contributed by atoms with Gasteiger partial charge < -0.3 is 14.7 Å². The van der Waals surface area contributed by atoms with Crippen LogP contribution in [0.5, 0.6) is 0 Å². The van der Waals surface area contributed by atoms with E-state index < -0.39 is 12.2 Å². The third-order valence-corrected chi connectivity index (χ3v) is 3.84. The predicted octanol–water partition coefficient (Wildman–Crippen LogP) is 0.668. The van der Waals surface area contributed by atoms with Crippen molar-refractivity contribution >= 4 is 17.9 Å². The van der Waals surface area contributed by atoms with Gasteiger partial charge >= 0.3 is 6.09 Å². The molecule has 0 aromatic heterocycles. The second-order valence-corrected chi connectivity index (χ2v) is 5.40. The van der Waals surface area contributed by atoms with E-state index in [-0.39, 0.29) is 31.5 Å². The van der Waals surface area contributed by atoms with Crippen LogP contribution < -0.4 is 0 Å². The Morgan fingerprint density at radius 2 is 1.88 bits per heavy atom. The molecule has 0 saturated carbocycles. The molecule has 2 aliphatic heterocycles. The quantitative estimate of drug-likeness (QED) is 0.601. The summed E-state index contributed by atoms with van der Waals surface area (Å²) in [6, 6.07) is 6.62. The highest BCUT2D eigenvalue weighted by molar-refractivity contribution is 6.21. The lowest BCUT2D eigenvalue weighted by molar-refractivity contribution is 0.00662. The summed E-state index contributed by atoms with van der Waals surface area (Å²) >= 11 is 0. The van der Waals surface area contributed by atoms with Crippen LogP contribution in [0.4, 0.5) is 4.79 Å². The van der Waals surface area contributed by atoms with E-state index in [1.807, 2.05) is 0 Å². The molecular formula is C18H14N2O5. The number of benzene rings is 1. The summed E-state index contributed by atoms with van der Waals surface area (Å²) in [4.78, 5) is 37.5. The minimum Gasteiger partial charge on any atom is -0.465 e. The Balaban J connectivity index is 1.59. The normalized spacial score (nSPS) is 18.8. The number of carbonyl (C=O) groups is 3. The van der Waals surface area contributed by atoms with E-state index in [1.165, 1.54) is 4.90 Å². The Hall–Kier alpha value is -3.29. The Labute approximate surface area is 144 Å². The number of carboxylic acid groups (broad SMARTS) is 1. The molecule has 3 amide bonds. The Bertz CT molecular complexity index is 820. The molecule has 7 heteroatoms. The summed E-state index contributed by atoms with van der Waals surface area (Å²) in [5.74, 6) is 9.83. The second kappa shape index (κ2) is 7.08. The van der Waals surface area contributed by atoms with Crippen molar-refractivity contribution in [1.29, 1.82) is 0 Å². The van der Waals surface area contributed by atoms with Crippen molar-refractivity contribution in [3.63, 3.8) is 0 Å². The molecule has 1 aromatic carbocycles. The van der Waals surface area contributed by atoms with Gasteiger partial charge in [-0.25, -0.2) is 4.79 Å². The fourth-order valence-corrected chi connectivity index (χ4v) is 2.57. The van der Waals surface area contributed by atoms with Gasteiger partial charge in [0, 0.05) is 6.54 Å². The molecule has 126 valence electrons. The smallest absolute Gasteiger partial charge is 0.407 e. The number of amides is 3. The van der Waals surface area contributed by atoms with Crippen molar-refractivity contribution in [3.05, 3.63) is 35.4 Å². The molecule has 0 spiro atoms. The van der Waals surface area contributed by atoms with E-state index in [4.69, 9.17) is 9.84 Å². The first kappa shape index (κ1) is 16.6. The molecule has 3 rings (SSSR count). The van der Waals surface area contributed by atoms with Crippen LogP contribution in [0.1, 0.15) is 20.7 Å². The van der Waals surface area contributed by atoms with Crippen LogP contribution in [0.15, 0.2) is 24.3 Å². The molecule has 1 N–H and O–H groups in total. The highest BCUT2D eigenvalue weighted by Gasteiger charge is 2.34. The van der Waals surface area contributed by atoms with Crippen LogP contribution in [0.3, 0.4) is 0 Å². The Morgan fingerprint density at radius 3 is 2.52 bits per heavy atom. The zero-order chi connectivity index (χ0) is 17.8. The zero-order valence-corrected chi connectivity index (χ0v) is 13.2. The lowest BCUT2D eigenvalue weighted by Crippen LogP contribution is -2.44. The van der Waals surface area contributed by atoms with Crippen LogP contribution >= 0.6 is 0 Å². The van der Waals surface area contributed by atoms with E-state index in [0.29, 0.717) is 17.7 Å². The first-order valence-electron chi connectivity index (χ1n) is 7.61. The van der Waals surface area contributed by atoms with Gasteiger partial charge in [-0.05, 0) is 24.0 Å². The lowest BCUT2D eigenvalue weighted by Gasteiger charge is -2.27. The van der Waals surface area contributed by atoms with Gasteiger partial charge in [-0.2, -0.15) is 0 Å². The number of hydrogen-bond donors (Lipinski definition) is 1. The van der Waals surface area contributed by atoms with Gasteiger partial charge in [0.2, 0.25) is 0 Å². The van der Waals surface area contributed by atoms with Crippen LogP contribution in [0.2, 0.25) is 0 Å². The zero-order valence-electron chi connectivity index (χ0n) is 13.2. The van der Waals surface area contributed by atoms with Gasteiger partial charge in [0.25, 0.3) is 11.8 Å². The Morgan fingerprint density at radius 1 is 1.20 bits per heavy atom. The summed E-state index contributed by atoms with van der Waals surface area (Å²) in [6.45, 7) is 0.725. The van der Waals surface area contributed by atoms with Gasteiger partial charge in [0.1, 0.15) is 6.10 Å². The van der Waals surface area contributed by atoms with Crippen molar-refractivity contribution in [2.24, 2.45) is 0 Å². The molecule has 1 aromatic rings. The molecule has 0 radical (unpaired) electrons. The Kier molecular flexibility index (Phi) is 4.69.